The summed E-state index contributed by atoms with van der Waals surface area (Å²) in [5, 5.41) is 11.0. The Morgan fingerprint density at radius 1 is 1.18 bits per heavy atom. The normalized spacial score (nSPS) is 13.7. The molecular weight excluding hydrogens is 234 g/mol. The van der Waals surface area contributed by atoms with Crippen LogP contribution in [-0.4, -0.2) is 10.1 Å². The fraction of sp³-hybridized carbons (Fsp3) is 0.0714. The lowest BCUT2D eigenvalue weighted by Crippen LogP contribution is -2.26. The van der Waals surface area contributed by atoms with Crippen molar-refractivity contribution < 1.29 is 5.11 Å². The fourth-order valence-electron chi connectivity index (χ4n) is 1.62. The number of halogens is 1. The predicted octanol–water partition coefficient (Wildman–Crippen LogP) is 2.60. The van der Waals surface area contributed by atoms with E-state index in [9.17, 15) is 5.11 Å². The van der Waals surface area contributed by atoms with Crippen molar-refractivity contribution in [3.63, 3.8) is 0 Å². The van der Waals surface area contributed by atoms with Crippen LogP contribution in [0.1, 0.15) is 11.3 Å². The lowest BCUT2D eigenvalue weighted by atomic mass is 9.91. The number of aromatic nitrogens is 1. The molecule has 0 fully saturated rings. The van der Waals surface area contributed by atoms with E-state index in [4.69, 9.17) is 18.0 Å². The second-order valence-electron chi connectivity index (χ2n) is 3.55. The van der Waals surface area contributed by atoms with Gasteiger partial charge in [0.1, 0.15) is 0 Å². The van der Waals surface area contributed by atoms with Crippen LogP contribution < -0.4 is 0 Å². The molecule has 1 aromatic carbocycles. The van der Waals surface area contributed by atoms with E-state index in [1.807, 2.05) is 0 Å². The summed E-state index contributed by atoms with van der Waals surface area (Å²) in [6, 6.07) is 12.1. The van der Waals surface area contributed by atoms with E-state index >= 15 is 0 Å². The summed E-state index contributed by atoms with van der Waals surface area (Å²) in [6.45, 7) is 0. The summed E-state index contributed by atoms with van der Waals surface area (Å²) in [5.74, 6) is 2.36. The third kappa shape index (κ3) is 2.03. The smallest absolute Gasteiger partial charge is 0.195 e. The van der Waals surface area contributed by atoms with Gasteiger partial charge in [-0.1, -0.05) is 41.8 Å². The van der Waals surface area contributed by atoms with Crippen molar-refractivity contribution in [3.05, 3.63) is 64.9 Å². The minimum absolute atomic E-state index is 0.385. The van der Waals surface area contributed by atoms with Gasteiger partial charge in [0.25, 0.3) is 0 Å². The van der Waals surface area contributed by atoms with Crippen molar-refractivity contribution in [1.82, 2.24) is 4.98 Å². The van der Waals surface area contributed by atoms with Gasteiger partial charge in [-0.3, -0.25) is 4.98 Å². The Morgan fingerprint density at radius 3 is 2.47 bits per heavy atom. The van der Waals surface area contributed by atoms with Crippen molar-refractivity contribution in [2.45, 2.75) is 5.60 Å². The van der Waals surface area contributed by atoms with E-state index in [-0.39, 0.29) is 0 Å². The molecule has 0 bridgehead atoms. The molecule has 3 heteroatoms. The Kier molecular flexibility index (Phi) is 3.14. The largest absolute Gasteiger partial charge is 0.368 e. The van der Waals surface area contributed by atoms with Gasteiger partial charge in [-0.2, -0.15) is 0 Å². The molecule has 17 heavy (non-hydrogen) atoms. The number of terminal acetylenes is 1. The van der Waals surface area contributed by atoms with E-state index in [1.54, 1.807) is 48.7 Å². The lowest BCUT2D eigenvalue weighted by molar-refractivity contribution is 0.140. The highest BCUT2D eigenvalue weighted by atomic mass is 35.5. The van der Waals surface area contributed by atoms with Crippen LogP contribution in [0.15, 0.2) is 48.7 Å². The highest BCUT2D eigenvalue weighted by Crippen LogP contribution is 2.32. The highest BCUT2D eigenvalue weighted by Gasteiger charge is 2.32. The first-order valence-corrected chi connectivity index (χ1v) is 5.43. The molecule has 0 saturated heterocycles. The minimum Gasteiger partial charge on any atom is -0.368 e. The van der Waals surface area contributed by atoms with Gasteiger partial charge >= 0.3 is 0 Å². The first-order chi connectivity index (χ1) is 8.18. The number of hydrogen-bond acceptors (Lipinski definition) is 2. The number of rotatable bonds is 2. The maximum atomic E-state index is 10.6. The van der Waals surface area contributed by atoms with Gasteiger partial charge in [0.2, 0.25) is 0 Å². The van der Waals surface area contributed by atoms with Crippen molar-refractivity contribution in [3.8, 4) is 12.3 Å². The van der Waals surface area contributed by atoms with Gasteiger partial charge in [-0.05, 0) is 18.2 Å². The lowest BCUT2D eigenvalue weighted by Gasteiger charge is -2.22. The maximum Gasteiger partial charge on any atom is 0.195 e. The molecule has 1 aromatic heterocycles. The predicted molar refractivity (Wildman–Crippen MR) is 67.5 cm³/mol. The molecule has 1 unspecified atom stereocenters. The zero-order chi connectivity index (χ0) is 12.3. The Balaban J connectivity index is 2.62. The van der Waals surface area contributed by atoms with Gasteiger partial charge in [-0.25, -0.2) is 0 Å². The number of nitrogens with zero attached hydrogens (tertiary/aromatic N) is 1. The van der Waals surface area contributed by atoms with Crippen molar-refractivity contribution in [2.24, 2.45) is 0 Å². The van der Waals surface area contributed by atoms with Crippen LogP contribution in [0.2, 0.25) is 5.02 Å². The van der Waals surface area contributed by atoms with Crippen LogP contribution in [0.3, 0.4) is 0 Å². The van der Waals surface area contributed by atoms with E-state index in [1.165, 1.54) is 0 Å². The Bertz CT molecular complexity index is 562. The summed E-state index contributed by atoms with van der Waals surface area (Å²) < 4.78 is 0. The molecule has 0 saturated carbocycles. The molecule has 0 aliphatic rings. The molecule has 2 aromatic rings. The van der Waals surface area contributed by atoms with Crippen LogP contribution in [0.5, 0.6) is 0 Å². The second kappa shape index (κ2) is 4.58. The van der Waals surface area contributed by atoms with Crippen LogP contribution in [-0.2, 0) is 5.60 Å². The quantitative estimate of drug-likeness (QED) is 0.823. The average Bonchev–Trinajstić information content (AvgIpc) is 2.39. The van der Waals surface area contributed by atoms with E-state index in [0.29, 0.717) is 16.3 Å². The molecule has 2 nitrogen and oxygen atoms in total. The number of aliphatic hydroxyl groups is 1. The van der Waals surface area contributed by atoms with Crippen molar-refractivity contribution in [2.75, 3.05) is 0 Å². The van der Waals surface area contributed by atoms with Crippen LogP contribution in [0, 0.1) is 12.3 Å². The zero-order valence-electron chi connectivity index (χ0n) is 8.97. The molecule has 0 radical (unpaired) electrons. The van der Waals surface area contributed by atoms with E-state index in [0.717, 1.165) is 0 Å². The minimum atomic E-state index is -1.60. The summed E-state index contributed by atoms with van der Waals surface area (Å²) in [6.07, 6.45) is 7.02. The van der Waals surface area contributed by atoms with E-state index in [2.05, 4.69) is 10.9 Å². The molecule has 1 N–H and O–H groups in total. The summed E-state index contributed by atoms with van der Waals surface area (Å²) >= 11 is 6.05. The standard InChI is InChI=1S/C14H10ClNO/c1-2-14(17,13-9-5-6-10-16-13)11-7-3-4-8-12(11)15/h1,3-10,17H. The molecule has 1 heterocycles. The average molecular weight is 244 g/mol. The number of pyridine rings is 1. The molecule has 0 aliphatic carbocycles. The van der Waals surface area contributed by atoms with Crippen LogP contribution in [0.25, 0.3) is 0 Å². The molecule has 1 atom stereocenters. The van der Waals surface area contributed by atoms with Crippen molar-refractivity contribution in [1.29, 1.82) is 0 Å². The SMILES string of the molecule is C#CC(O)(c1ccccn1)c1ccccc1Cl. The fourth-order valence-corrected chi connectivity index (χ4v) is 1.89. The van der Waals surface area contributed by atoms with Gasteiger partial charge in [-0.15, -0.1) is 6.42 Å². The topological polar surface area (TPSA) is 33.1 Å². The summed E-state index contributed by atoms with van der Waals surface area (Å²) in [4.78, 5) is 4.09. The summed E-state index contributed by atoms with van der Waals surface area (Å²) in [7, 11) is 0. The van der Waals surface area contributed by atoms with Crippen molar-refractivity contribution >= 4 is 11.6 Å². The molecule has 2 rings (SSSR count). The molecule has 84 valence electrons. The Labute approximate surface area is 105 Å². The van der Waals surface area contributed by atoms with Gasteiger partial charge in [0, 0.05) is 16.8 Å². The third-order valence-electron chi connectivity index (χ3n) is 2.51. The molecule has 0 spiro atoms. The van der Waals surface area contributed by atoms with Crippen LogP contribution >= 0.6 is 11.6 Å². The van der Waals surface area contributed by atoms with Gasteiger partial charge < -0.3 is 5.11 Å². The zero-order valence-corrected chi connectivity index (χ0v) is 9.72. The molecular formula is C14H10ClNO. The molecule has 0 aliphatic heterocycles. The molecule has 0 amide bonds. The first-order valence-electron chi connectivity index (χ1n) is 5.05. The van der Waals surface area contributed by atoms with Gasteiger partial charge in [0.15, 0.2) is 5.60 Å². The summed E-state index contributed by atoms with van der Waals surface area (Å²) in [5.41, 5.74) is -0.752. The van der Waals surface area contributed by atoms with E-state index < -0.39 is 5.60 Å². The van der Waals surface area contributed by atoms with Gasteiger partial charge in [0.05, 0.1) is 5.69 Å². The Hall–Kier alpha value is -1.82. The first kappa shape index (κ1) is 11.7. The Morgan fingerprint density at radius 2 is 1.88 bits per heavy atom. The number of benzene rings is 1. The third-order valence-corrected chi connectivity index (χ3v) is 2.84. The second-order valence-corrected chi connectivity index (χ2v) is 3.96. The van der Waals surface area contributed by atoms with Crippen LogP contribution in [0.4, 0.5) is 0 Å². The monoisotopic (exact) mass is 243 g/mol. The number of hydrogen-bond donors (Lipinski definition) is 1. The maximum absolute atomic E-state index is 10.6. The highest BCUT2D eigenvalue weighted by molar-refractivity contribution is 6.31.